The molecule has 1 fully saturated rings. The Hall–Kier alpha value is -1.23. The van der Waals surface area contributed by atoms with Crippen molar-refractivity contribution in [3.05, 3.63) is 28.8 Å². The molecular weight excluding hydrogens is 348 g/mol. The monoisotopic (exact) mass is 364 g/mol. The van der Waals surface area contributed by atoms with E-state index in [1.807, 2.05) is 0 Å². The van der Waals surface area contributed by atoms with E-state index in [0.29, 0.717) is 19.8 Å². The van der Waals surface area contributed by atoms with Gasteiger partial charge in [0.1, 0.15) is 11.5 Å². The molecule has 1 aromatic carbocycles. The molecule has 1 aromatic rings. The van der Waals surface area contributed by atoms with Crippen LogP contribution in [0.2, 0.25) is 5.02 Å². The van der Waals surface area contributed by atoms with Crippen LogP contribution in [0.15, 0.2) is 23.1 Å². The molecule has 0 saturated carbocycles. The summed E-state index contributed by atoms with van der Waals surface area (Å²) in [6.07, 6.45) is 0. The SMILES string of the molecule is O=C(OCCN1CCOCC1)c1ccc(Cl)c(S(=O)(=O)NO)c1. The first-order chi connectivity index (χ1) is 10.9. The lowest BCUT2D eigenvalue weighted by molar-refractivity contribution is 0.0195. The van der Waals surface area contributed by atoms with Gasteiger partial charge in [0.15, 0.2) is 0 Å². The summed E-state index contributed by atoms with van der Waals surface area (Å²) in [6.45, 7) is 3.63. The van der Waals surface area contributed by atoms with Gasteiger partial charge in [-0.25, -0.2) is 13.2 Å². The maximum Gasteiger partial charge on any atom is 0.338 e. The molecule has 1 aliphatic rings. The Kier molecular flexibility index (Phi) is 6.33. The minimum atomic E-state index is -4.18. The average Bonchev–Trinajstić information content (AvgIpc) is 2.56. The second-order valence-corrected chi connectivity index (χ2v) is 6.87. The summed E-state index contributed by atoms with van der Waals surface area (Å²) >= 11 is 5.77. The summed E-state index contributed by atoms with van der Waals surface area (Å²) in [5, 5.41) is 8.54. The number of halogens is 1. The summed E-state index contributed by atoms with van der Waals surface area (Å²) in [6, 6.07) is 3.66. The fourth-order valence-corrected chi connectivity index (χ4v) is 3.19. The number of rotatable bonds is 6. The lowest BCUT2D eigenvalue weighted by atomic mass is 10.2. The van der Waals surface area contributed by atoms with Gasteiger partial charge in [0, 0.05) is 19.6 Å². The first-order valence-corrected chi connectivity index (χ1v) is 8.73. The maximum atomic E-state index is 12.0. The lowest BCUT2D eigenvalue weighted by Gasteiger charge is -2.26. The van der Waals surface area contributed by atoms with Gasteiger partial charge in [-0.3, -0.25) is 4.90 Å². The standard InChI is InChI=1S/C13H17ClN2O6S/c14-11-2-1-10(9-12(11)23(19,20)15-18)13(17)22-8-5-16-3-6-21-7-4-16/h1-2,9,15,18H,3-8H2. The first kappa shape index (κ1) is 18.1. The molecule has 10 heteroatoms. The van der Waals surface area contributed by atoms with Crippen molar-refractivity contribution in [2.75, 3.05) is 39.5 Å². The van der Waals surface area contributed by atoms with Crippen LogP contribution >= 0.6 is 11.6 Å². The molecule has 0 atom stereocenters. The van der Waals surface area contributed by atoms with Crippen LogP contribution in [0.3, 0.4) is 0 Å². The van der Waals surface area contributed by atoms with Crippen LogP contribution in [0, 0.1) is 0 Å². The molecule has 8 nitrogen and oxygen atoms in total. The molecule has 2 rings (SSSR count). The van der Waals surface area contributed by atoms with E-state index in [4.69, 9.17) is 26.3 Å². The molecule has 0 bridgehead atoms. The topological polar surface area (TPSA) is 105 Å². The molecule has 1 heterocycles. The van der Waals surface area contributed by atoms with Gasteiger partial charge in [-0.1, -0.05) is 16.5 Å². The van der Waals surface area contributed by atoms with E-state index in [2.05, 4.69) is 4.90 Å². The molecule has 128 valence electrons. The average molecular weight is 365 g/mol. The number of esters is 1. The Balaban J connectivity index is 1.98. The molecule has 0 unspecified atom stereocenters. The number of ether oxygens (including phenoxy) is 2. The van der Waals surface area contributed by atoms with E-state index >= 15 is 0 Å². The highest BCUT2D eigenvalue weighted by Crippen LogP contribution is 2.22. The van der Waals surface area contributed by atoms with Crippen molar-refractivity contribution in [3.8, 4) is 0 Å². The minimum absolute atomic E-state index is 0.0326. The van der Waals surface area contributed by atoms with Crippen LogP contribution in [0.5, 0.6) is 0 Å². The molecule has 1 saturated heterocycles. The third kappa shape index (κ3) is 4.87. The normalized spacial score (nSPS) is 16.3. The molecule has 0 amide bonds. The molecule has 0 aliphatic carbocycles. The fraction of sp³-hybridized carbons (Fsp3) is 0.462. The van der Waals surface area contributed by atoms with Crippen LogP contribution < -0.4 is 4.89 Å². The molecular formula is C13H17ClN2O6S. The largest absolute Gasteiger partial charge is 0.461 e. The van der Waals surface area contributed by atoms with Crippen molar-refractivity contribution >= 4 is 27.6 Å². The van der Waals surface area contributed by atoms with Crippen molar-refractivity contribution in [2.24, 2.45) is 0 Å². The maximum absolute atomic E-state index is 12.0. The van der Waals surface area contributed by atoms with Crippen molar-refractivity contribution in [3.63, 3.8) is 0 Å². The van der Waals surface area contributed by atoms with Gasteiger partial charge in [-0.2, -0.15) is 0 Å². The Morgan fingerprint density at radius 1 is 1.39 bits per heavy atom. The third-order valence-corrected chi connectivity index (χ3v) is 4.92. The summed E-state index contributed by atoms with van der Waals surface area (Å²) in [5.74, 6) is -0.663. The van der Waals surface area contributed by atoms with Gasteiger partial charge in [0.25, 0.3) is 10.0 Å². The summed E-state index contributed by atoms with van der Waals surface area (Å²) in [7, 11) is -4.18. The van der Waals surface area contributed by atoms with Crippen LogP contribution in [0.25, 0.3) is 0 Å². The zero-order valence-corrected chi connectivity index (χ0v) is 13.8. The van der Waals surface area contributed by atoms with Crippen LogP contribution in [-0.2, 0) is 19.5 Å². The minimum Gasteiger partial charge on any atom is -0.461 e. The molecule has 0 aromatic heterocycles. The quantitative estimate of drug-likeness (QED) is 0.559. The van der Waals surface area contributed by atoms with Gasteiger partial charge in [-0.15, -0.1) is 0 Å². The summed E-state index contributed by atoms with van der Waals surface area (Å²) in [5.41, 5.74) is 0.0326. The molecule has 0 radical (unpaired) electrons. The number of carbonyl (C=O) groups excluding carboxylic acids is 1. The second kappa shape index (κ2) is 8.04. The molecule has 0 spiro atoms. The smallest absolute Gasteiger partial charge is 0.338 e. The highest BCUT2D eigenvalue weighted by Gasteiger charge is 2.20. The van der Waals surface area contributed by atoms with Gasteiger partial charge >= 0.3 is 5.97 Å². The van der Waals surface area contributed by atoms with Crippen molar-refractivity contribution in [2.45, 2.75) is 4.90 Å². The Bertz CT molecular complexity index is 660. The van der Waals surface area contributed by atoms with Gasteiger partial charge < -0.3 is 14.7 Å². The number of nitrogens with one attached hydrogen (secondary N) is 1. The number of nitrogens with zero attached hydrogens (tertiary/aromatic N) is 1. The zero-order chi connectivity index (χ0) is 16.9. The van der Waals surface area contributed by atoms with Gasteiger partial charge in [0.05, 0.1) is 23.8 Å². The van der Waals surface area contributed by atoms with E-state index in [1.165, 1.54) is 17.0 Å². The number of hydrogen-bond acceptors (Lipinski definition) is 7. The predicted molar refractivity (Wildman–Crippen MR) is 81.1 cm³/mol. The second-order valence-electron chi connectivity index (χ2n) is 4.83. The first-order valence-electron chi connectivity index (χ1n) is 6.87. The summed E-state index contributed by atoms with van der Waals surface area (Å²) < 4.78 is 33.5. The van der Waals surface area contributed by atoms with E-state index in [1.54, 1.807) is 0 Å². The molecule has 2 N–H and O–H groups in total. The number of hydrogen-bond donors (Lipinski definition) is 2. The lowest BCUT2D eigenvalue weighted by Crippen LogP contribution is -2.38. The third-order valence-electron chi connectivity index (χ3n) is 3.32. The molecule has 1 aliphatic heterocycles. The number of benzene rings is 1. The zero-order valence-electron chi connectivity index (χ0n) is 12.2. The number of morpholine rings is 1. The Morgan fingerprint density at radius 3 is 2.74 bits per heavy atom. The van der Waals surface area contributed by atoms with E-state index in [-0.39, 0.29) is 17.2 Å². The predicted octanol–water partition coefficient (Wildman–Crippen LogP) is 0.496. The van der Waals surface area contributed by atoms with Crippen LogP contribution in [0.1, 0.15) is 10.4 Å². The fourth-order valence-electron chi connectivity index (χ4n) is 2.06. The van der Waals surface area contributed by atoms with Crippen molar-refractivity contribution < 1.29 is 27.9 Å². The van der Waals surface area contributed by atoms with Gasteiger partial charge in [0.2, 0.25) is 0 Å². The van der Waals surface area contributed by atoms with Gasteiger partial charge in [-0.05, 0) is 18.2 Å². The highest BCUT2D eigenvalue weighted by atomic mass is 35.5. The summed E-state index contributed by atoms with van der Waals surface area (Å²) in [4.78, 5) is 14.8. The Labute approximate surface area is 138 Å². The molecule has 23 heavy (non-hydrogen) atoms. The number of carbonyl (C=O) groups is 1. The van der Waals surface area contributed by atoms with Crippen molar-refractivity contribution in [1.82, 2.24) is 9.79 Å². The highest BCUT2D eigenvalue weighted by molar-refractivity contribution is 7.89. The van der Waals surface area contributed by atoms with E-state index in [9.17, 15) is 13.2 Å². The van der Waals surface area contributed by atoms with Crippen molar-refractivity contribution in [1.29, 1.82) is 0 Å². The van der Waals surface area contributed by atoms with E-state index in [0.717, 1.165) is 19.2 Å². The number of sulfonamides is 1. The van der Waals surface area contributed by atoms with Crippen LogP contribution in [-0.4, -0.2) is 63.9 Å². The van der Waals surface area contributed by atoms with Crippen LogP contribution in [0.4, 0.5) is 0 Å². The van der Waals surface area contributed by atoms with E-state index < -0.39 is 20.9 Å². The Morgan fingerprint density at radius 2 is 2.09 bits per heavy atom.